The largest absolute Gasteiger partial charge is 0.302 e. The minimum absolute atomic E-state index is 0.273. The molecule has 2 saturated heterocycles. The van der Waals surface area contributed by atoms with Crippen LogP contribution >= 0.6 is 0 Å². The van der Waals surface area contributed by atoms with Crippen molar-refractivity contribution in [3.63, 3.8) is 0 Å². The number of nitrogens with zero attached hydrogens (tertiary/aromatic N) is 4. The van der Waals surface area contributed by atoms with Crippen molar-refractivity contribution in [2.75, 3.05) is 32.7 Å². The van der Waals surface area contributed by atoms with Crippen LogP contribution in [-0.4, -0.2) is 60.1 Å². The van der Waals surface area contributed by atoms with E-state index < -0.39 is 10.0 Å². The molecule has 2 fully saturated rings. The molecule has 35 heavy (non-hydrogen) atoms. The van der Waals surface area contributed by atoms with E-state index >= 15 is 0 Å². The van der Waals surface area contributed by atoms with Crippen molar-refractivity contribution in [3.05, 3.63) is 83.4 Å². The molecule has 0 unspecified atom stereocenters. The highest BCUT2D eigenvalue weighted by Gasteiger charge is 2.47. The first-order chi connectivity index (χ1) is 16.9. The molecule has 3 heterocycles. The average molecular weight is 493 g/mol. The monoisotopic (exact) mass is 492 g/mol. The van der Waals surface area contributed by atoms with Gasteiger partial charge in [-0.15, -0.1) is 0 Å². The number of hydrogen-bond donors (Lipinski definition) is 0. The van der Waals surface area contributed by atoms with Gasteiger partial charge >= 0.3 is 0 Å². The zero-order valence-corrected chi connectivity index (χ0v) is 20.4. The van der Waals surface area contributed by atoms with Gasteiger partial charge in [-0.1, -0.05) is 23.8 Å². The number of rotatable bonds is 5. The molecule has 182 valence electrons. The summed E-state index contributed by atoms with van der Waals surface area (Å²) in [4.78, 5) is 2.84. The van der Waals surface area contributed by atoms with Gasteiger partial charge in [-0.3, -0.25) is 0 Å². The van der Waals surface area contributed by atoms with Crippen molar-refractivity contribution in [2.24, 2.45) is 5.41 Å². The fourth-order valence-electron chi connectivity index (χ4n) is 5.95. The summed E-state index contributed by atoms with van der Waals surface area (Å²) in [6.45, 7) is 3.89. The van der Waals surface area contributed by atoms with Crippen molar-refractivity contribution in [2.45, 2.75) is 30.6 Å². The van der Waals surface area contributed by atoms with Crippen LogP contribution < -0.4 is 0 Å². The lowest BCUT2D eigenvalue weighted by atomic mass is 9.68. The van der Waals surface area contributed by atoms with E-state index in [9.17, 15) is 12.8 Å². The third-order valence-corrected chi connectivity index (χ3v) is 9.55. The maximum absolute atomic E-state index is 13.5. The second kappa shape index (κ2) is 8.69. The molecule has 1 aromatic heterocycles. The van der Waals surface area contributed by atoms with Crippen LogP contribution in [-0.2, 0) is 16.4 Å². The van der Waals surface area contributed by atoms with Gasteiger partial charge in [-0.25, -0.2) is 17.5 Å². The maximum atomic E-state index is 13.5. The summed E-state index contributed by atoms with van der Waals surface area (Å²) < 4.78 is 44.1. The average Bonchev–Trinajstić information content (AvgIpc) is 3.52. The van der Waals surface area contributed by atoms with Crippen LogP contribution in [0.3, 0.4) is 0 Å². The molecule has 6 rings (SSSR count). The summed E-state index contributed by atoms with van der Waals surface area (Å²) in [6.07, 6.45) is 7.92. The highest BCUT2D eigenvalue weighted by Crippen LogP contribution is 2.46. The van der Waals surface area contributed by atoms with Gasteiger partial charge in [-0.05, 0) is 86.8 Å². The topological polar surface area (TPSA) is 58.4 Å². The third kappa shape index (κ3) is 4.03. The number of piperidine rings is 1. The Labute approximate surface area is 205 Å². The van der Waals surface area contributed by atoms with Gasteiger partial charge in [0, 0.05) is 25.0 Å². The zero-order valence-electron chi connectivity index (χ0n) is 19.6. The predicted molar refractivity (Wildman–Crippen MR) is 133 cm³/mol. The predicted octanol–water partition coefficient (Wildman–Crippen LogP) is 4.13. The highest BCUT2D eigenvalue weighted by molar-refractivity contribution is 7.89. The first-order valence-corrected chi connectivity index (χ1v) is 13.7. The highest BCUT2D eigenvalue weighted by atomic mass is 32.2. The lowest BCUT2D eigenvalue weighted by Crippen LogP contribution is -2.53. The van der Waals surface area contributed by atoms with Gasteiger partial charge in [0.25, 0.3) is 0 Å². The molecule has 3 aliphatic rings. The van der Waals surface area contributed by atoms with E-state index in [-0.39, 0.29) is 11.2 Å². The van der Waals surface area contributed by atoms with E-state index in [1.54, 1.807) is 40.7 Å². The molecule has 8 heteroatoms. The third-order valence-electron chi connectivity index (χ3n) is 7.69. The van der Waals surface area contributed by atoms with E-state index in [1.165, 1.54) is 30.5 Å². The molecule has 0 spiro atoms. The van der Waals surface area contributed by atoms with Crippen LogP contribution in [0.15, 0.2) is 71.3 Å². The van der Waals surface area contributed by atoms with Crippen LogP contribution in [0.5, 0.6) is 0 Å². The lowest BCUT2D eigenvalue weighted by Gasteiger charge is -2.47. The molecule has 1 aliphatic carbocycles. The van der Waals surface area contributed by atoms with Gasteiger partial charge in [0.2, 0.25) is 10.0 Å². The van der Waals surface area contributed by atoms with E-state index in [1.807, 2.05) is 16.9 Å². The number of sulfonamides is 1. The van der Waals surface area contributed by atoms with E-state index in [0.29, 0.717) is 24.4 Å². The Balaban J connectivity index is 1.38. The molecule has 3 aromatic rings. The molecule has 0 saturated carbocycles. The van der Waals surface area contributed by atoms with Crippen molar-refractivity contribution in [1.82, 2.24) is 19.0 Å². The maximum Gasteiger partial charge on any atom is 0.243 e. The first kappa shape index (κ1) is 22.6. The van der Waals surface area contributed by atoms with Gasteiger partial charge in [0.15, 0.2) is 0 Å². The van der Waals surface area contributed by atoms with Crippen molar-refractivity contribution in [1.29, 1.82) is 0 Å². The number of hydrogen-bond acceptors (Lipinski definition) is 4. The number of halogens is 1. The summed E-state index contributed by atoms with van der Waals surface area (Å²) in [5, 5.41) is 4.64. The molecule has 6 nitrogen and oxygen atoms in total. The van der Waals surface area contributed by atoms with Gasteiger partial charge in [0.05, 0.1) is 22.5 Å². The molecule has 2 aromatic carbocycles. The van der Waals surface area contributed by atoms with Crippen molar-refractivity contribution >= 4 is 16.1 Å². The molecule has 1 atom stereocenters. The molecule has 0 radical (unpaired) electrons. The smallest absolute Gasteiger partial charge is 0.243 e. The number of fused-ring (bicyclic) bond motifs is 2. The summed E-state index contributed by atoms with van der Waals surface area (Å²) in [6, 6.07) is 15.1. The van der Waals surface area contributed by atoms with Gasteiger partial charge in [0.1, 0.15) is 5.82 Å². The number of likely N-dealkylation sites (tertiary alicyclic amines) is 1. The molecule has 0 bridgehead atoms. The Morgan fingerprint density at radius 1 is 0.971 bits per heavy atom. The minimum atomic E-state index is -3.57. The second-order valence-electron chi connectivity index (χ2n) is 9.95. The number of benzene rings is 2. The Bertz CT molecular complexity index is 1360. The van der Waals surface area contributed by atoms with E-state index in [4.69, 9.17) is 0 Å². The Morgan fingerprint density at radius 3 is 2.46 bits per heavy atom. The van der Waals surface area contributed by atoms with Crippen LogP contribution in [0.2, 0.25) is 0 Å². The molecule has 0 amide bonds. The summed E-state index contributed by atoms with van der Waals surface area (Å²) in [5.74, 6) is -0.273. The standard InChI is InChI=1S/C27H29FN4O2S/c28-23-8-10-24(11-9-23)32-26-16-22-12-15-31(35(33,34)25-6-2-1-3-7-25)20-27(22,17-21(26)18-29-32)19-30-13-4-5-14-30/h1-3,6-11,16,18H,4-5,12-15,17,19-20H2/t27-/m0/s1. The Hall–Kier alpha value is -2.81. The van der Waals surface area contributed by atoms with E-state index in [0.717, 1.165) is 43.0 Å². The summed E-state index contributed by atoms with van der Waals surface area (Å²) in [7, 11) is -3.57. The summed E-state index contributed by atoms with van der Waals surface area (Å²) in [5.41, 5.74) is 3.95. The number of aromatic nitrogens is 2. The SMILES string of the molecule is O=S(=O)(c1ccccc1)N1CCC2=Cc3c(cnn3-c3ccc(F)cc3)C[C@]2(CN2CCCC2)C1. The Morgan fingerprint density at radius 2 is 1.71 bits per heavy atom. The second-order valence-corrected chi connectivity index (χ2v) is 11.9. The molecule has 0 N–H and O–H groups in total. The lowest BCUT2D eigenvalue weighted by molar-refractivity contribution is 0.146. The van der Waals surface area contributed by atoms with E-state index in [2.05, 4.69) is 16.1 Å². The Kier molecular flexibility index (Phi) is 5.62. The fourth-order valence-corrected chi connectivity index (χ4v) is 7.49. The summed E-state index contributed by atoms with van der Waals surface area (Å²) >= 11 is 0. The molecule has 2 aliphatic heterocycles. The quantitative estimate of drug-likeness (QED) is 0.538. The van der Waals surface area contributed by atoms with Crippen LogP contribution in [0, 0.1) is 11.2 Å². The van der Waals surface area contributed by atoms with Gasteiger partial charge < -0.3 is 4.90 Å². The normalized spacial score (nSPS) is 23.1. The molecular weight excluding hydrogens is 463 g/mol. The van der Waals surface area contributed by atoms with Crippen LogP contribution in [0.1, 0.15) is 30.5 Å². The first-order valence-electron chi connectivity index (χ1n) is 12.3. The van der Waals surface area contributed by atoms with Crippen molar-refractivity contribution < 1.29 is 12.8 Å². The van der Waals surface area contributed by atoms with Crippen LogP contribution in [0.25, 0.3) is 11.8 Å². The fraction of sp³-hybridized carbons (Fsp3) is 0.370. The van der Waals surface area contributed by atoms with Crippen LogP contribution in [0.4, 0.5) is 4.39 Å². The minimum Gasteiger partial charge on any atom is -0.302 e. The van der Waals surface area contributed by atoms with Crippen molar-refractivity contribution in [3.8, 4) is 5.69 Å². The molecular formula is C27H29FN4O2S. The van der Waals surface area contributed by atoms with Gasteiger partial charge in [-0.2, -0.15) is 9.40 Å². The zero-order chi connectivity index (χ0) is 24.0.